The quantitative estimate of drug-likeness (QED) is 0.0252. The second-order valence-electron chi connectivity index (χ2n) is 16.9. The maximum atomic E-state index is 13.0. The van der Waals surface area contributed by atoms with E-state index in [9.17, 15) is 9.59 Å². The summed E-state index contributed by atoms with van der Waals surface area (Å²) < 4.78 is 59.7. The zero-order chi connectivity index (χ0) is 50.8. The van der Waals surface area contributed by atoms with E-state index in [0.29, 0.717) is 62.3 Å². The number of hydrogen-bond acceptors (Lipinski definition) is 12. The van der Waals surface area contributed by atoms with Crippen LogP contribution in [0, 0.1) is 0 Å². The molecule has 8 aromatic carbocycles. The van der Waals surface area contributed by atoms with E-state index in [0.717, 1.165) is 45.3 Å². The number of carbonyl (C=O) groups is 2. The smallest absolute Gasteiger partial charge is 0.306 e. The van der Waals surface area contributed by atoms with Crippen molar-refractivity contribution in [2.75, 3.05) is 13.2 Å². The average Bonchev–Trinajstić information content (AvgIpc) is 3.45. The Balaban J connectivity index is 0.807. The molecule has 0 aliphatic carbocycles. The van der Waals surface area contributed by atoms with E-state index >= 15 is 0 Å². The molecule has 8 aromatic rings. The molecule has 0 saturated carbocycles. The molecule has 8 rings (SSSR count). The fraction of sp³-hybridized carbons (Fsp3) is 0.194. The van der Waals surface area contributed by atoms with Crippen LogP contribution in [-0.2, 0) is 45.5 Å². The van der Waals surface area contributed by atoms with E-state index in [1.54, 1.807) is 0 Å². The highest BCUT2D eigenvalue weighted by atomic mass is 16.7. The van der Waals surface area contributed by atoms with Gasteiger partial charge in [-0.05, 0) is 132 Å². The minimum Gasteiger partial charge on any atom is -0.489 e. The van der Waals surface area contributed by atoms with Gasteiger partial charge in [0.1, 0.15) is 72.4 Å². The van der Waals surface area contributed by atoms with Crippen LogP contribution in [0.25, 0.3) is 0 Å². The Hall–Kier alpha value is -8.90. The summed E-state index contributed by atoms with van der Waals surface area (Å²) in [6.07, 6.45) is -1.03. The number of carbonyl (C=O) groups excluding carboxylic acids is 2. The summed E-state index contributed by atoms with van der Waals surface area (Å²) in [6.45, 7) is 1.16. The molecule has 74 heavy (non-hydrogen) atoms. The highest BCUT2D eigenvalue weighted by Gasteiger charge is 2.19. The third-order valence-corrected chi connectivity index (χ3v) is 11.1. The topological polar surface area (TPSA) is 126 Å². The van der Waals surface area contributed by atoms with E-state index in [1.165, 1.54) is 0 Å². The zero-order valence-electron chi connectivity index (χ0n) is 40.9. The van der Waals surface area contributed by atoms with Gasteiger partial charge in [0.2, 0.25) is 0 Å². The number of hydrogen-bond donors (Lipinski definition) is 0. The number of para-hydroxylation sites is 4. The van der Waals surface area contributed by atoms with Gasteiger partial charge in [0.05, 0.1) is 0 Å². The molecule has 0 spiro atoms. The van der Waals surface area contributed by atoms with Crippen LogP contribution in [-0.4, -0.2) is 37.7 Å². The average molecular weight is 995 g/mol. The van der Waals surface area contributed by atoms with Gasteiger partial charge in [-0.2, -0.15) is 0 Å². The summed E-state index contributed by atoms with van der Waals surface area (Å²) in [5, 5.41) is 0. The molecule has 0 saturated heterocycles. The van der Waals surface area contributed by atoms with E-state index < -0.39 is 24.5 Å². The van der Waals surface area contributed by atoms with Gasteiger partial charge >= 0.3 is 11.9 Å². The van der Waals surface area contributed by atoms with Crippen molar-refractivity contribution in [2.45, 2.75) is 64.7 Å². The monoisotopic (exact) mass is 994 g/mol. The Morgan fingerprint density at radius 3 is 0.743 bits per heavy atom. The standard InChI is InChI=1S/C62H58O12/c63-59(69-45-61(71-55-33-25-47(26-34-55)41-65-51-15-5-1-6-16-51)72-56-35-27-48(28-36-56)42-66-52-17-7-2-8-18-52)23-13-14-24-60(64)70-46-62(73-57-37-29-49(30-38-57)43-67-53-19-9-3-10-20-53)74-58-39-31-50(32-40-58)44-68-54-21-11-4-12-22-54/h1-12,15-22,25-40,61-62H,13-14,23-24,41-46H2. The summed E-state index contributed by atoms with van der Waals surface area (Å²) in [7, 11) is 0. The first-order valence-corrected chi connectivity index (χ1v) is 24.5. The number of benzene rings is 8. The lowest BCUT2D eigenvalue weighted by Gasteiger charge is -2.21. The predicted molar refractivity (Wildman–Crippen MR) is 279 cm³/mol. The third-order valence-electron chi connectivity index (χ3n) is 11.1. The zero-order valence-corrected chi connectivity index (χ0v) is 40.9. The van der Waals surface area contributed by atoms with Crippen LogP contribution in [0.15, 0.2) is 218 Å². The Morgan fingerprint density at radius 2 is 0.514 bits per heavy atom. The fourth-order valence-corrected chi connectivity index (χ4v) is 7.19. The van der Waals surface area contributed by atoms with Crippen molar-refractivity contribution in [2.24, 2.45) is 0 Å². The molecule has 0 bridgehead atoms. The second kappa shape index (κ2) is 28.2. The molecule has 0 aliphatic heterocycles. The summed E-state index contributed by atoms with van der Waals surface area (Å²) in [5.74, 6) is 4.24. The molecule has 0 aliphatic rings. The van der Waals surface area contributed by atoms with Crippen LogP contribution in [0.5, 0.6) is 46.0 Å². The Labute approximate surface area is 431 Å². The van der Waals surface area contributed by atoms with E-state index in [-0.39, 0.29) is 26.1 Å². The Morgan fingerprint density at radius 1 is 0.284 bits per heavy atom. The Kier molecular flexibility index (Phi) is 19.6. The van der Waals surface area contributed by atoms with Crippen molar-refractivity contribution in [3.8, 4) is 46.0 Å². The minimum atomic E-state index is -0.970. The largest absolute Gasteiger partial charge is 0.489 e. The first kappa shape index (κ1) is 51.5. The van der Waals surface area contributed by atoms with Gasteiger partial charge in [0, 0.05) is 12.8 Å². The summed E-state index contributed by atoms with van der Waals surface area (Å²) in [4.78, 5) is 26.1. The van der Waals surface area contributed by atoms with Crippen LogP contribution in [0.1, 0.15) is 47.9 Å². The van der Waals surface area contributed by atoms with E-state index in [4.69, 9.17) is 47.4 Å². The molecular weight excluding hydrogens is 937 g/mol. The molecule has 12 nitrogen and oxygen atoms in total. The van der Waals surface area contributed by atoms with E-state index in [2.05, 4.69) is 0 Å². The number of ether oxygens (including phenoxy) is 10. The van der Waals surface area contributed by atoms with Crippen LogP contribution >= 0.6 is 0 Å². The SMILES string of the molecule is O=C(CCCCC(=O)OCC(Oc1ccc(COc2ccccc2)cc1)Oc1ccc(COc2ccccc2)cc1)OCC(Oc1ccc(COc2ccccc2)cc1)Oc1ccc(COc2ccccc2)cc1. The first-order chi connectivity index (χ1) is 36.4. The minimum absolute atomic E-state index is 0.0693. The molecule has 0 N–H and O–H groups in total. The molecule has 0 fully saturated rings. The molecule has 12 heteroatoms. The number of unbranched alkanes of at least 4 members (excludes halogenated alkanes) is 1. The van der Waals surface area contributed by atoms with Gasteiger partial charge in [-0.3, -0.25) is 9.59 Å². The van der Waals surface area contributed by atoms with Crippen LogP contribution in [0.4, 0.5) is 0 Å². The summed E-state index contributed by atoms with van der Waals surface area (Å²) >= 11 is 0. The lowest BCUT2D eigenvalue weighted by Crippen LogP contribution is -2.31. The maximum Gasteiger partial charge on any atom is 0.306 e. The molecule has 0 atom stereocenters. The highest BCUT2D eigenvalue weighted by molar-refractivity contribution is 5.70. The van der Waals surface area contributed by atoms with Gasteiger partial charge in [-0.15, -0.1) is 0 Å². The predicted octanol–water partition coefficient (Wildman–Crippen LogP) is 12.9. The van der Waals surface area contributed by atoms with Gasteiger partial charge in [0.25, 0.3) is 12.6 Å². The van der Waals surface area contributed by atoms with Crippen molar-refractivity contribution in [3.05, 3.63) is 241 Å². The van der Waals surface area contributed by atoms with Crippen molar-refractivity contribution in [1.82, 2.24) is 0 Å². The van der Waals surface area contributed by atoms with Gasteiger partial charge in [-0.1, -0.05) is 121 Å². The lowest BCUT2D eigenvalue weighted by molar-refractivity contribution is -0.153. The van der Waals surface area contributed by atoms with E-state index in [1.807, 2.05) is 218 Å². The molecular formula is C62H58O12. The first-order valence-electron chi connectivity index (χ1n) is 24.5. The van der Waals surface area contributed by atoms with Gasteiger partial charge in [-0.25, -0.2) is 0 Å². The van der Waals surface area contributed by atoms with Crippen molar-refractivity contribution >= 4 is 11.9 Å². The highest BCUT2D eigenvalue weighted by Crippen LogP contribution is 2.24. The maximum absolute atomic E-state index is 13.0. The van der Waals surface area contributed by atoms with Crippen LogP contribution < -0.4 is 37.9 Å². The fourth-order valence-electron chi connectivity index (χ4n) is 7.19. The third kappa shape index (κ3) is 18.1. The molecule has 0 heterocycles. The molecule has 0 radical (unpaired) electrons. The lowest BCUT2D eigenvalue weighted by atomic mass is 10.2. The summed E-state index contributed by atoms with van der Waals surface area (Å²) in [5.41, 5.74) is 3.79. The number of esters is 2. The normalized spacial score (nSPS) is 10.8. The molecule has 0 amide bonds. The van der Waals surface area contributed by atoms with Crippen molar-refractivity contribution in [3.63, 3.8) is 0 Å². The van der Waals surface area contributed by atoms with Crippen LogP contribution in [0.3, 0.4) is 0 Å². The number of rotatable bonds is 29. The van der Waals surface area contributed by atoms with Crippen molar-refractivity contribution in [1.29, 1.82) is 0 Å². The van der Waals surface area contributed by atoms with Gasteiger partial charge < -0.3 is 47.4 Å². The Bertz CT molecular complexity index is 2470. The molecule has 0 aromatic heterocycles. The second-order valence-corrected chi connectivity index (χ2v) is 16.9. The van der Waals surface area contributed by atoms with Crippen LogP contribution in [0.2, 0.25) is 0 Å². The molecule has 378 valence electrons. The van der Waals surface area contributed by atoms with Gasteiger partial charge in [0.15, 0.2) is 13.2 Å². The van der Waals surface area contributed by atoms with Crippen molar-refractivity contribution < 1.29 is 57.0 Å². The summed E-state index contributed by atoms with van der Waals surface area (Å²) in [6, 6.07) is 68.1. The molecule has 0 unspecified atom stereocenters.